The maximum absolute atomic E-state index is 14.4. The van der Waals surface area contributed by atoms with Crippen molar-refractivity contribution in [3.8, 4) is 0 Å². The van der Waals surface area contributed by atoms with E-state index in [2.05, 4.69) is 27.0 Å². The van der Waals surface area contributed by atoms with E-state index < -0.39 is 12.1 Å². The van der Waals surface area contributed by atoms with Crippen molar-refractivity contribution in [3.63, 3.8) is 0 Å². The van der Waals surface area contributed by atoms with E-state index in [-0.39, 0.29) is 36.0 Å². The van der Waals surface area contributed by atoms with Gasteiger partial charge in [0.05, 0.1) is 12.1 Å². The Morgan fingerprint density at radius 1 is 1.47 bits per heavy atom. The first-order chi connectivity index (χ1) is 14.5. The molecule has 30 heavy (non-hydrogen) atoms. The van der Waals surface area contributed by atoms with Gasteiger partial charge < -0.3 is 10.4 Å². The van der Waals surface area contributed by atoms with Crippen molar-refractivity contribution in [2.24, 2.45) is 5.92 Å². The molecule has 2 atom stereocenters. The van der Waals surface area contributed by atoms with Gasteiger partial charge in [0.2, 0.25) is 5.78 Å². The van der Waals surface area contributed by atoms with E-state index in [9.17, 15) is 14.3 Å². The Labute approximate surface area is 176 Å². The molecule has 0 spiro atoms. The van der Waals surface area contributed by atoms with Crippen LogP contribution in [0.15, 0.2) is 61.2 Å². The molecule has 7 nitrogen and oxygen atoms in total. The molecule has 0 aliphatic heterocycles. The van der Waals surface area contributed by atoms with Gasteiger partial charge in [-0.3, -0.25) is 9.48 Å². The van der Waals surface area contributed by atoms with Crippen LogP contribution in [0.3, 0.4) is 0 Å². The lowest BCUT2D eigenvalue weighted by Crippen LogP contribution is -2.22. The van der Waals surface area contributed by atoms with Crippen LogP contribution < -0.4 is 5.32 Å². The van der Waals surface area contributed by atoms with Gasteiger partial charge >= 0.3 is 0 Å². The molecule has 0 saturated carbocycles. The summed E-state index contributed by atoms with van der Waals surface area (Å²) in [6, 6.07) is 1.60. The van der Waals surface area contributed by atoms with Gasteiger partial charge in [-0.1, -0.05) is 44.2 Å². The van der Waals surface area contributed by atoms with Gasteiger partial charge in [-0.25, -0.2) is 14.4 Å². The first-order valence-corrected chi connectivity index (χ1v) is 9.86. The van der Waals surface area contributed by atoms with Crippen LogP contribution in [0, 0.1) is 5.92 Å². The minimum Gasteiger partial charge on any atom is -0.396 e. The van der Waals surface area contributed by atoms with Gasteiger partial charge in [0.25, 0.3) is 0 Å². The zero-order valence-electron chi connectivity index (χ0n) is 17.3. The molecule has 0 saturated heterocycles. The Hall–Kier alpha value is -3.13. The topological polar surface area (TPSA) is 92.9 Å². The number of nitrogens with zero attached hydrogens (tertiary/aromatic N) is 4. The quantitative estimate of drug-likeness (QED) is 0.313. The second kappa shape index (κ2) is 11.8. The van der Waals surface area contributed by atoms with Crippen LogP contribution in [0.5, 0.6) is 0 Å². The summed E-state index contributed by atoms with van der Waals surface area (Å²) in [5.41, 5.74) is 1.28. The van der Waals surface area contributed by atoms with Crippen molar-refractivity contribution in [1.82, 2.24) is 19.7 Å². The summed E-state index contributed by atoms with van der Waals surface area (Å²) in [5.74, 6) is -0.473. The second-order valence-electron chi connectivity index (χ2n) is 6.79. The Morgan fingerprint density at radius 3 is 2.93 bits per heavy atom. The number of nitrogens with one attached hydrogen (secondary N) is 1. The standard InChI is InChI=1S/C22H28FN5O2/c1-4-7-8-16(5-2)13-28-10-9-19(27-28)21(30)18-12-24-15-25-22(18)26-20(23)11-17(6-3)14-29/h4-5,7-10,12,15,17,20,29H,2,6,11,13-14H2,1,3H3,(H,24,25,26)/b7-4-,16-8+. The van der Waals surface area contributed by atoms with E-state index in [1.165, 1.54) is 12.5 Å². The van der Waals surface area contributed by atoms with Crippen LogP contribution in [-0.2, 0) is 6.54 Å². The molecule has 8 heteroatoms. The number of aliphatic hydroxyl groups is 1. The summed E-state index contributed by atoms with van der Waals surface area (Å²) < 4.78 is 16.0. The van der Waals surface area contributed by atoms with Crippen molar-refractivity contribution < 1.29 is 14.3 Å². The molecular weight excluding hydrogens is 385 g/mol. The van der Waals surface area contributed by atoms with Crippen LogP contribution in [0.4, 0.5) is 10.2 Å². The van der Waals surface area contributed by atoms with E-state index in [1.54, 1.807) is 23.0 Å². The lowest BCUT2D eigenvalue weighted by Gasteiger charge is -2.17. The molecule has 0 amide bonds. The number of ketones is 1. The molecule has 0 aliphatic carbocycles. The summed E-state index contributed by atoms with van der Waals surface area (Å²) in [5, 5.41) is 16.2. The molecule has 2 rings (SSSR count). The van der Waals surface area contributed by atoms with E-state index in [0.29, 0.717) is 13.0 Å². The number of rotatable bonds is 12. The van der Waals surface area contributed by atoms with Gasteiger partial charge in [0.1, 0.15) is 17.8 Å². The third-order valence-corrected chi connectivity index (χ3v) is 4.61. The highest BCUT2D eigenvalue weighted by Gasteiger charge is 2.21. The molecule has 2 aromatic rings. The Balaban J connectivity index is 2.16. The summed E-state index contributed by atoms with van der Waals surface area (Å²) in [7, 11) is 0. The number of alkyl halides is 1. The highest BCUT2D eigenvalue weighted by molar-refractivity contribution is 6.10. The third kappa shape index (κ3) is 6.45. The first-order valence-electron chi connectivity index (χ1n) is 9.86. The summed E-state index contributed by atoms with van der Waals surface area (Å²) >= 11 is 0. The molecule has 2 heterocycles. The van der Waals surface area contributed by atoms with Gasteiger partial charge in [-0.15, -0.1) is 0 Å². The molecule has 0 fully saturated rings. The van der Waals surface area contributed by atoms with Gasteiger partial charge in [-0.05, 0) is 24.5 Å². The molecule has 0 radical (unpaired) electrons. The summed E-state index contributed by atoms with van der Waals surface area (Å²) in [4.78, 5) is 20.8. The fourth-order valence-electron chi connectivity index (χ4n) is 2.78. The highest BCUT2D eigenvalue weighted by Crippen LogP contribution is 2.19. The van der Waals surface area contributed by atoms with Crippen LogP contribution >= 0.6 is 0 Å². The fourth-order valence-corrected chi connectivity index (χ4v) is 2.78. The SMILES string of the molecule is C=C/C(=C\C=C/C)Cn1ccc(C(=O)c2cncnc2NC(F)CC(CC)CO)n1. The maximum Gasteiger partial charge on any atom is 0.218 e. The van der Waals surface area contributed by atoms with Crippen LogP contribution in [-0.4, -0.2) is 43.5 Å². The zero-order valence-corrected chi connectivity index (χ0v) is 17.3. The summed E-state index contributed by atoms with van der Waals surface area (Å²) in [6.07, 6.45) is 11.1. The van der Waals surface area contributed by atoms with Crippen molar-refractivity contribution in [3.05, 3.63) is 72.5 Å². The highest BCUT2D eigenvalue weighted by atomic mass is 19.1. The lowest BCUT2D eigenvalue weighted by molar-refractivity contribution is 0.103. The minimum absolute atomic E-state index is 0.0964. The van der Waals surface area contributed by atoms with Crippen LogP contribution in [0.1, 0.15) is 42.7 Å². The van der Waals surface area contributed by atoms with Crippen molar-refractivity contribution in [1.29, 1.82) is 0 Å². The molecular formula is C22H28FN5O2. The maximum atomic E-state index is 14.4. The number of carbonyl (C=O) groups is 1. The predicted molar refractivity (Wildman–Crippen MR) is 115 cm³/mol. The lowest BCUT2D eigenvalue weighted by atomic mass is 10.0. The Bertz CT molecular complexity index is 902. The molecule has 0 aliphatic rings. The Morgan fingerprint density at radius 2 is 2.27 bits per heavy atom. The van der Waals surface area contributed by atoms with Gasteiger partial charge in [0, 0.05) is 25.4 Å². The fraction of sp³-hybridized carbons (Fsp3) is 0.364. The number of hydrogen-bond donors (Lipinski definition) is 2. The average molecular weight is 413 g/mol. The second-order valence-corrected chi connectivity index (χ2v) is 6.79. The minimum atomic E-state index is -1.45. The number of anilines is 1. The van der Waals surface area contributed by atoms with Crippen molar-refractivity contribution in [2.45, 2.75) is 39.5 Å². The molecule has 2 unspecified atom stereocenters. The number of allylic oxidation sites excluding steroid dienone is 5. The number of halogens is 1. The van der Waals surface area contributed by atoms with Crippen LogP contribution in [0.25, 0.3) is 0 Å². The summed E-state index contributed by atoms with van der Waals surface area (Å²) in [6.45, 7) is 7.95. The normalized spacial score (nSPS) is 13.9. The zero-order chi connectivity index (χ0) is 21.9. The number of aliphatic hydroxyl groups excluding tert-OH is 1. The molecule has 0 bridgehead atoms. The van der Waals surface area contributed by atoms with Gasteiger partial charge in [-0.2, -0.15) is 5.10 Å². The van der Waals surface area contributed by atoms with E-state index >= 15 is 0 Å². The molecule has 2 N–H and O–H groups in total. The molecule has 160 valence electrons. The van der Waals surface area contributed by atoms with E-state index in [1.807, 2.05) is 32.1 Å². The van der Waals surface area contributed by atoms with Crippen LogP contribution in [0.2, 0.25) is 0 Å². The molecule has 0 aromatic carbocycles. The van der Waals surface area contributed by atoms with Crippen molar-refractivity contribution in [2.75, 3.05) is 11.9 Å². The molecule has 2 aromatic heterocycles. The largest absolute Gasteiger partial charge is 0.396 e. The predicted octanol–water partition coefficient (Wildman–Crippen LogP) is 3.71. The van der Waals surface area contributed by atoms with Gasteiger partial charge in [0.15, 0.2) is 6.30 Å². The number of carbonyl (C=O) groups excluding carboxylic acids is 1. The first kappa shape index (κ1) is 23.2. The van der Waals surface area contributed by atoms with E-state index in [4.69, 9.17) is 0 Å². The van der Waals surface area contributed by atoms with E-state index in [0.717, 1.165) is 5.57 Å². The monoisotopic (exact) mass is 413 g/mol. The average Bonchev–Trinajstić information content (AvgIpc) is 3.23. The third-order valence-electron chi connectivity index (χ3n) is 4.61. The smallest absolute Gasteiger partial charge is 0.218 e. The number of hydrogen-bond acceptors (Lipinski definition) is 6. The van der Waals surface area contributed by atoms with Crippen molar-refractivity contribution >= 4 is 11.6 Å². The Kier molecular flexibility index (Phi) is 9.08. The number of aromatic nitrogens is 4.